The van der Waals surface area contributed by atoms with Crippen LogP contribution in [0.1, 0.15) is 67.2 Å². The Morgan fingerprint density at radius 3 is 1.85 bits per heavy atom. The maximum Gasteiger partial charge on any atom is 0.0125 e. The van der Waals surface area contributed by atoms with Crippen LogP contribution in [-0.4, -0.2) is 48.1 Å². The molecule has 0 N–H and O–H groups in total. The van der Waals surface area contributed by atoms with E-state index >= 15 is 0 Å². The van der Waals surface area contributed by atoms with Gasteiger partial charge in [0.05, 0.1) is 0 Å². The van der Waals surface area contributed by atoms with E-state index in [1.165, 1.54) is 58.4 Å². The number of rotatable bonds is 2. The molecule has 0 amide bonds. The molecule has 2 rings (SSSR count). The molecule has 0 aromatic carbocycles. The molecule has 0 unspecified atom stereocenters. The van der Waals surface area contributed by atoms with Gasteiger partial charge in [-0.2, -0.15) is 0 Å². The SMILES string of the molecule is CC(C)(C)CCN1CCC2(CC1)CCN(C(C)(C)C)C2. The highest BCUT2D eigenvalue weighted by Crippen LogP contribution is 2.42. The third kappa shape index (κ3) is 4.21. The topological polar surface area (TPSA) is 6.48 Å². The van der Waals surface area contributed by atoms with E-state index in [4.69, 9.17) is 0 Å². The Hall–Kier alpha value is -0.0800. The first-order valence-electron chi connectivity index (χ1n) is 8.57. The van der Waals surface area contributed by atoms with Gasteiger partial charge >= 0.3 is 0 Å². The van der Waals surface area contributed by atoms with Crippen molar-refractivity contribution in [2.75, 3.05) is 32.7 Å². The fourth-order valence-corrected chi connectivity index (χ4v) is 3.66. The first-order chi connectivity index (χ1) is 9.10. The lowest BCUT2D eigenvalue weighted by Gasteiger charge is -2.41. The van der Waals surface area contributed by atoms with Gasteiger partial charge in [0.15, 0.2) is 0 Å². The van der Waals surface area contributed by atoms with Crippen LogP contribution >= 0.6 is 0 Å². The molecule has 0 aromatic heterocycles. The Morgan fingerprint density at radius 1 is 0.850 bits per heavy atom. The molecule has 0 radical (unpaired) electrons. The zero-order valence-electron chi connectivity index (χ0n) is 14.8. The Labute approximate surface area is 126 Å². The molecular formula is C18H36N2. The maximum absolute atomic E-state index is 2.71. The fraction of sp³-hybridized carbons (Fsp3) is 1.00. The molecule has 2 saturated heterocycles. The van der Waals surface area contributed by atoms with Crippen molar-refractivity contribution in [1.29, 1.82) is 0 Å². The molecule has 118 valence electrons. The molecule has 0 atom stereocenters. The molecule has 2 heteroatoms. The van der Waals surface area contributed by atoms with Gasteiger partial charge in [-0.1, -0.05) is 20.8 Å². The van der Waals surface area contributed by atoms with Gasteiger partial charge in [0.1, 0.15) is 0 Å². The average Bonchev–Trinajstić information content (AvgIpc) is 2.72. The van der Waals surface area contributed by atoms with Crippen LogP contribution in [0.25, 0.3) is 0 Å². The summed E-state index contributed by atoms with van der Waals surface area (Å²) in [6.07, 6.45) is 5.60. The van der Waals surface area contributed by atoms with E-state index < -0.39 is 0 Å². The Bertz CT molecular complexity index is 313. The molecule has 20 heavy (non-hydrogen) atoms. The minimum absolute atomic E-state index is 0.354. The number of nitrogens with zero attached hydrogens (tertiary/aromatic N) is 2. The molecule has 0 bridgehead atoms. The zero-order valence-corrected chi connectivity index (χ0v) is 14.8. The molecule has 0 saturated carbocycles. The summed E-state index contributed by atoms with van der Waals surface area (Å²) in [6.45, 7) is 20.8. The highest BCUT2D eigenvalue weighted by Gasteiger charge is 2.43. The summed E-state index contributed by atoms with van der Waals surface area (Å²) in [5.74, 6) is 0. The van der Waals surface area contributed by atoms with Crippen molar-refractivity contribution in [2.24, 2.45) is 10.8 Å². The van der Waals surface area contributed by atoms with Gasteiger partial charge in [0, 0.05) is 12.1 Å². The van der Waals surface area contributed by atoms with Crippen molar-refractivity contribution >= 4 is 0 Å². The second-order valence-electron chi connectivity index (χ2n) is 9.49. The molecule has 2 fully saturated rings. The van der Waals surface area contributed by atoms with Crippen molar-refractivity contribution in [2.45, 2.75) is 72.8 Å². The van der Waals surface area contributed by atoms with E-state index in [1.54, 1.807) is 0 Å². The largest absolute Gasteiger partial charge is 0.303 e. The zero-order chi connectivity index (χ0) is 15.0. The van der Waals surface area contributed by atoms with E-state index in [2.05, 4.69) is 51.3 Å². The predicted molar refractivity (Wildman–Crippen MR) is 88.1 cm³/mol. The van der Waals surface area contributed by atoms with Gasteiger partial charge in [-0.05, 0) is 83.5 Å². The lowest BCUT2D eigenvalue weighted by molar-refractivity contribution is 0.0824. The summed E-state index contributed by atoms with van der Waals surface area (Å²) in [4.78, 5) is 5.41. The standard InChI is InChI=1S/C18H36N2/c1-16(2,3)7-11-19-12-8-18(9-13-19)10-14-20(15-18)17(4,5)6/h7-15H2,1-6H3. The van der Waals surface area contributed by atoms with Crippen LogP contribution in [0.4, 0.5) is 0 Å². The fourth-order valence-electron chi connectivity index (χ4n) is 3.66. The highest BCUT2D eigenvalue weighted by molar-refractivity contribution is 4.97. The van der Waals surface area contributed by atoms with Crippen LogP contribution < -0.4 is 0 Å². The Balaban J connectivity index is 1.80. The molecule has 1 spiro atoms. The third-order valence-corrected chi connectivity index (χ3v) is 5.48. The van der Waals surface area contributed by atoms with Gasteiger partial charge in [-0.25, -0.2) is 0 Å². The van der Waals surface area contributed by atoms with Crippen LogP contribution in [0.3, 0.4) is 0 Å². The first-order valence-corrected chi connectivity index (χ1v) is 8.57. The molecule has 0 aromatic rings. The quantitative estimate of drug-likeness (QED) is 0.754. The normalized spacial score (nSPS) is 25.5. The van der Waals surface area contributed by atoms with Crippen molar-refractivity contribution in [3.05, 3.63) is 0 Å². The highest BCUT2D eigenvalue weighted by atomic mass is 15.2. The lowest BCUT2D eigenvalue weighted by atomic mass is 9.77. The van der Waals surface area contributed by atoms with Crippen LogP contribution in [0.2, 0.25) is 0 Å². The van der Waals surface area contributed by atoms with Crippen LogP contribution in [0.15, 0.2) is 0 Å². The van der Waals surface area contributed by atoms with Gasteiger partial charge in [-0.15, -0.1) is 0 Å². The second kappa shape index (κ2) is 5.61. The van der Waals surface area contributed by atoms with E-state index in [9.17, 15) is 0 Å². The molecule has 2 aliphatic heterocycles. The summed E-state index contributed by atoms with van der Waals surface area (Å²) >= 11 is 0. The average molecular weight is 280 g/mol. The van der Waals surface area contributed by atoms with E-state index in [1.807, 2.05) is 0 Å². The number of likely N-dealkylation sites (tertiary alicyclic amines) is 2. The molecule has 2 aliphatic rings. The van der Waals surface area contributed by atoms with Gasteiger partial charge in [0.2, 0.25) is 0 Å². The Morgan fingerprint density at radius 2 is 1.40 bits per heavy atom. The Kier molecular flexibility index (Phi) is 4.57. The third-order valence-electron chi connectivity index (χ3n) is 5.48. The van der Waals surface area contributed by atoms with E-state index in [0.29, 0.717) is 16.4 Å². The molecule has 2 heterocycles. The second-order valence-corrected chi connectivity index (χ2v) is 9.49. The number of piperidine rings is 1. The van der Waals surface area contributed by atoms with Crippen LogP contribution in [-0.2, 0) is 0 Å². The predicted octanol–water partition coefficient (Wildman–Crippen LogP) is 4.01. The summed E-state index contributed by atoms with van der Waals surface area (Å²) in [5.41, 5.74) is 1.48. The van der Waals surface area contributed by atoms with Crippen molar-refractivity contribution in [3.8, 4) is 0 Å². The van der Waals surface area contributed by atoms with Crippen molar-refractivity contribution in [3.63, 3.8) is 0 Å². The molecular weight excluding hydrogens is 244 g/mol. The summed E-state index contributed by atoms with van der Waals surface area (Å²) < 4.78 is 0. The van der Waals surface area contributed by atoms with Gasteiger partial charge in [0.25, 0.3) is 0 Å². The summed E-state index contributed by atoms with van der Waals surface area (Å²) in [7, 11) is 0. The molecule has 0 aliphatic carbocycles. The molecule has 2 nitrogen and oxygen atoms in total. The van der Waals surface area contributed by atoms with Crippen molar-refractivity contribution < 1.29 is 0 Å². The smallest absolute Gasteiger partial charge is 0.0125 e. The summed E-state index contributed by atoms with van der Waals surface area (Å²) in [5, 5.41) is 0. The number of hydrogen-bond donors (Lipinski definition) is 0. The van der Waals surface area contributed by atoms with Gasteiger partial charge < -0.3 is 4.90 Å². The summed E-state index contributed by atoms with van der Waals surface area (Å²) in [6, 6.07) is 0. The van der Waals surface area contributed by atoms with Crippen LogP contribution in [0, 0.1) is 10.8 Å². The monoisotopic (exact) mass is 280 g/mol. The maximum atomic E-state index is 2.71. The lowest BCUT2D eigenvalue weighted by Crippen LogP contribution is -2.45. The minimum atomic E-state index is 0.354. The minimum Gasteiger partial charge on any atom is -0.303 e. The number of hydrogen-bond acceptors (Lipinski definition) is 2. The first kappa shape index (κ1) is 16.3. The van der Waals surface area contributed by atoms with E-state index in [0.717, 1.165) is 0 Å². The van der Waals surface area contributed by atoms with Gasteiger partial charge in [-0.3, -0.25) is 4.90 Å². The van der Waals surface area contributed by atoms with Crippen molar-refractivity contribution in [1.82, 2.24) is 9.80 Å². The van der Waals surface area contributed by atoms with Crippen LogP contribution in [0.5, 0.6) is 0 Å². The van der Waals surface area contributed by atoms with E-state index in [-0.39, 0.29) is 0 Å².